The van der Waals surface area contributed by atoms with Crippen LogP contribution in [0.15, 0.2) is 52.4 Å². The van der Waals surface area contributed by atoms with Gasteiger partial charge in [-0.05, 0) is 29.8 Å². The second kappa shape index (κ2) is 9.13. The molecular formula is C21H13Cl3F3N3O2S. The molecular weight excluding hydrogens is 522 g/mol. The fraction of sp³-hybridized carbons (Fsp3) is 0.190. The normalized spacial score (nSPS) is 18.1. The minimum absolute atomic E-state index is 0.0535. The van der Waals surface area contributed by atoms with Crippen LogP contribution in [-0.2, 0) is 17.0 Å². The average molecular weight is 535 g/mol. The lowest BCUT2D eigenvalue weighted by molar-refractivity contribution is -0.275. The lowest BCUT2D eigenvalue weighted by Gasteiger charge is -2.30. The Balaban J connectivity index is 1.54. The van der Waals surface area contributed by atoms with Crippen LogP contribution in [0.25, 0.3) is 0 Å². The fourth-order valence-corrected chi connectivity index (χ4v) is 4.41. The van der Waals surface area contributed by atoms with Crippen molar-refractivity contribution in [2.75, 3.05) is 0 Å². The molecule has 3 aromatic rings. The van der Waals surface area contributed by atoms with Gasteiger partial charge < -0.3 is 10.2 Å². The van der Waals surface area contributed by atoms with Crippen molar-refractivity contribution in [3.63, 3.8) is 0 Å². The van der Waals surface area contributed by atoms with Crippen LogP contribution in [0, 0.1) is 0 Å². The number of carbonyl (C=O) groups excluding carboxylic acids is 1. The molecule has 0 fully saturated rings. The van der Waals surface area contributed by atoms with Crippen molar-refractivity contribution in [2.45, 2.75) is 24.7 Å². The van der Waals surface area contributed by atoms with Crippen molar-refractivity contribution in [3.05, 3.63) is 84.7 Å². The van der Waals surface area contributed by atoms with E-state index in [4.69, 9.17) is 39.6 Å². The summed E-state index contributed by atoms with van der Waals surface area (Å²) in [5.41, 5.74) is 0.0795. The number of aromatic nitrogens is 1. The van der Waals surface area contributed by atoms with Gasteiger partial charge in [0.05, 0.1) is 38.5 Å². The summed E-state index contributed by atoms with van der Waals surface area (Å²) in [6, 6.07) is 8.15. The molecule has 1 aliphatic rings. The van der Waals surface area contributed by atoms with E-state index in [1.54, 1.807) is 5.51 Å². The van der Waals surface area contributed by atoms with E-state index in [1.807, 2.05) is 5.38 Å². The molecule has 1 aliphatic heterocycles. The Bertz CT molecular complexity index is 1190. The van der Waals surface area contributed by atoms with Gasteiger partial charge in [0.25, 0.3) is 11.5 Å². The molecule has 0 saturated carbocycles. The predicted octanol–water partition coefficient (Wildman–Crippen LogP) is 6.62. The van der Waals surface area contributed by atoms with Gasteiger partial charge in [0.15, 0.2) is 0 Å². The number of hydrogen-bond acceptors (Lipinski definition) is 5. The molecule has 4 rings (SSSR count). The monoisotopic (exact) mass is 533 g/mol. The van der Waals surface area contributed by atoms with Crippen molar-refractivity contribution in [1.82, 2.24) is 10.3 Å². The van der Waals surface area contributed by atoms with Gasteiger partial charge in [-0.2, -0.15) is 13.2 Å². The molecule has 2 heterocycles. The Morgan fingerprint density at radius 3 is 2.39 bits per heavy atom. The van der Waals surface area contributed by atoms with E-state index in [1.165, 1.54) is 35.6 Å². The summed E-state index contributed by atoms with van der Waals surface area (Å²) in [7, 11) is 0. The van der Waals surface area contributed by atoms with Crippen molar-refractivity contribution in [3.8, 4) is 0 Å². The van der Waals surface area contributed by atoms with E-state index in [0.29, 0.717) is 11.1 Å². The van der Waals surface area contributed by atoms with Gasteiger partial charge in [0.2, 0.25) is 0 Å². The number of nitrogens with one attached hydrogen (secondary N) is 1. The molecule has 1 amide bonds. The molecule has 0 bridgehead atoms. The molecule has 0 aliphatic carbocycles. The van der Waals surface area contributed by atoms with Crippen LogP contribution in [0.3, 0.4) is 0 Å². The van der Waals surface area contributed by atoms with Crippen LogP contribution in [0.1, 0.15) is 33.6 Å². The smallest absolute Gasteiger partial charge is 0.374 e. The average Bonchev–Trinajstić information content (AvgIpc) is 3.46. The zero-order chi connectivity index (χ0) is 23.8. The minimum atomic E-state index is -4.83. The van der Waals surface area contributed by atoms with E-state index in [0.717, 1.165) is 17.8 Å². The first kappa shape index (κ1) is 23.8. The highest BCUT2D eigenvalue weighted by atomic mass is 35.5. The van der Waals surface area contributed by atoms with Crippen LogP contribution < -0.4 is 5.32 Å². The largest absolute Gasteiger partial charge is 0.435 e. The predicted molar refractivity (Wildman–Crippen MR) is 121 cm³/mol. The molecule has 0 saturated heterocycles. The maximum Gasteiger partial charge on any atom is 0.435 e. The molecule has 0 radical (unpaired) electrons. The number of thiazole rings is 1. The van der Waals surface area contributed by atoms with Crippen LogP contribution in [0.4, 0.5) is 13.2 Å². The molecule has 172 valence electrons. The quantitative estimate of drug-likeness (QED) is 0.374. The SMILES string of the molecule is O=C(NCc1cscn1)c1ccc(C2=NOC(c3cc(Cl)c(Cl)c(Cl)c3)(C(F)(F)F)C2)cc1. The number of halogens is 6. The topological polar surface area (TPSA) is 63.6 Å². The second-order valence-electron chi connectivity index (χ2n) is 7.12. The Hall–Kier alpha value is -2.33. The van der Waals surface area contributed by atoms with Crippen LogP contribution >= 0.6 is 46.1 Å². The third-order valence-corrected chi connectivity index (χ3v) is 6.86. The van der Waals surface area contributed by atoms with Gasteiger partial charge >= 0.3 is 6.18 Å². The summed E-state index contributed by atoms with van der Waals surface area (Å²) in [5, 5.41) is 7.92. The summed E-state index contributed by atoms with van der Waals surface area (Å²) in [6.07, 6.45) is -5.44. The minimum Gasteiger partial charge on any atom is -0.374 e. The van der Waals surface area contributed by atoms with Gasteiger partial charge in [-0.3, -0.25) is 4.79 Å². The molecule has 5 nitrogen and oxygen atoms in total. The molecule has 0 spiro atoms. The summed E-state index contributed by atoms with van der Waals surface area (Å²) < 4.78 is 42.5. The van der Waals surface area contributed by atoms with Gasteiger partial charge in [0, 0.05) is 22.9 Å². The van der Waals surface area contributed by atoms with Gasteiger partial charge in [0.1, 0.15) is 0 Å². The standard InChI is InChI=1S/C21H13Cl3F3N3O2S/c22-15-5-13(6-16(23)18(15)24)20(21(25,26)27)7-17(30-32-20)11-1-3-12(4-2-11)19(31)28-8-14-9-33-10-29-14/h1-6,9-10H,7-8H2,(H,28,31). The van der Waals surface area contributed by atoms with E-state index < -0.39 is 18.2 Å². The maximum absolute atomic E-state index is 14.2. The molecule has 12 heteroatoms. The van der Waals surface area contributed by atoms with E-state index in [-0.39, 0.29) is 38.8 Å². The van der Waals surface area contributed by atoms with Crippen molar-refractivity contribution in [2.24, 2.45) is 5.16 Å². The summed E-state index contributed by atoms with van der Waals surface area (Å²) in [6.45, 7) is 0.269. The van der Waals surface area contributed by atoms with Crippen molar-refractivity contribution < 1.29 is 22.8 Å². The third-order valence-electron chi connectivity index (χ3n) is 5.03. The van der Waals surface area contributed by atoms with Crippen molar-refractivity contribution >= 4 is 57.8 Å². The van der Waals surface area contributed by atoms with Crippen LogP contribution in [0.2, 0.25) is 15.1 Å². The highest BCUT2D eigenvalue weighted by Gasteiger charge is 2.62. The van der Waals surface area contributed by atoms with Gasteiger partial charge in [-0.1, -0.05) is 52.1 Å². The highest BCUT2D eigenvalue weighted by Crippen LogP contribution is 2.50. The summed E-state index contributed by atoms with van der Waals surface area (Å²) in [4.78, 5) is 21.4. The Kier molecular flexibility index (Phi) is 6.59. The van der Waals surface area contributed by atoms with E-state index in [9.17, 15) is 18.0 Å². The Morgan fingerprint density at radius 2 is 1.82 bits per heavy atom. The molecule has 1 N–H and O–H groups in total. The Labute approximate surface area is 205 Å². The highest BCUT2D eigenvalue weighted by molar-refractivity contribution is 7.07. The van der Waals surface area contributed by atoms with Crippen LogP contribution in [0.5, 0.6) is 0 Å². The van der Waals surface area contributed by atoms with Gasteiger partial charge in [-0.15, -0.1) is 11.3 Å². The zero-order valence-electron chi connectivity index (χ0n) is 16.4. The first-order chi connectivity index (χ1) is 15.6. The fourth-order valence-electron chi connectivity index (χ4n) is 3.26. The third kappa shape index (κ3) is 4.68. The molecule has 1 aromatic heterocycles. The number of amides is 1. The Morgan fingerprint density at radius 1 is 1.15 bits per heavy atom. The van der Waals surface area contributed by atoms with Gasteiger partial charge in [-0.25, -0.2) is 4.98 Å². The summed E-state index contributed by atoms with van der Waals surface area (Å²) >= 11 is 19.2. The number of benzene rings is 2. The summed E-state index contributed by atoms with van der Waals surface area (Å²) in [5.74, 6) is -0.339. The number of nitrogens with zero attached hydrogens (tertiary/aromatic N) is 2. The van der Waals surface area contributed by atoms with Crippen molar-refractivity contribution in [1.29, 1.82) is 0 Å². The van der Waals surface area contributed by atoms with Crippen LogP contribution in [-0.4, -0.2) is 22.8 Å². The second-order valence-corrected chi connectivity index (χ2v) is 9.04. The van der Waals surface area contributed by atoms with E-state index in [2.05, 4.69) is 15.5 Å². The molecule has 1 atom stereocenters. The molecule has 33 heavy (non-hydrogen) atoms. The first-order valence-corrected chi connectivity index (χ1v) is 11.4. The number of rotatable bonds is 5. The number of carbonyl (C=O) groups is 1. The number of oxime groups is 1. The zero-order valence-corrected chi connectivity index (χ0v) is 19.5. The first-order valence-electron chi connectivity index (χ1n) is 9.33. The number of alkyl halides is 3. The lowest BCUT2D eigenvalue weighted by atomic mass is 9.86. The molecule has 1 unspecified atom stereocenters. The lowest BCUT2D eigenvalue weighted by Crippen LogP contribution is -2.42. The number of hydrogen-bond donors (Lipinski definition) is 1. The van der Waals surface area contributed by atoms with E-state index >= 15 is 0 Å². The maximum atomic E-state index is 14.2. The molecule has 2 aromatic carbocycles.